The molecule has 1 aromatic carbocycles. The normalized spacial score (nSPS) is 12.5. The minimum absolute atomic E-state index is 0.0136. The van der Waals surface area contributed by atoms with Gasteiger partial charge in [-0.25, -0.2) is 4.72 Å². The van der Waals surface area contributed by atoms with Crippen molar-refractivity contribution in [3.8, 4) is 0 Å². The summed E-state index contributed by atoms with van der Waals surface area (Å²) in [5.41, 5.74) is 1.03. The number of halogens is 1. The van der Waals surface area contributed by atoms with Crippen molar-refractivity contribution in [2.45, 2.75) is 12.8 Å². The SMILES string of the molecule is O=S(=O)(F)NS(=O)(=O)NCCCc1ccccc1. The number of aryl methyl sites for hydroxylation is 1. The largest absolute Gasteiger partial charge is 0.386 e. The summed E-state index contributed by atoms with van der Waals surface area (Å²) in [5, 5.41) is 0. The summed E-state index contributed by atoms with van der Waals surface area (Å²) in [5.74, 6) is 0. The third kappa shape index (κ3) is 6.64. The van der Waals surface area contributed by atoms with Gasteiger partial charge in [0.25, 0.3) is 10.2 Å². The molecular formula is C9H13FN2O4S2. The van der Waals surface area contributed by atoms with Crippen molar-refractivity contribution in [2.75, 3.05) is 6.54 Å². The monoisotopic (exact) mass is 296 g/mol. The first-order valence-electron chi connectivity index (χ1n) is 5.05. The summed E-state index contributed by atoms with van der Waals surface area (Å²) in [4.78, 5) is 0. The maximum Gasteiger partial charge on any atom is 0.386 e. The van der Waals surface area contributed by atoms with Crippen molar-refractivity contribution >= 4 is 20.6 Å². The molecule has 2 N–H and O–H groups in total. The van der Waals surface area contributed by atoms with E-state index >= 15 is 0 Å². The van der Waals surface area contributed by atoms with Gasteiger partial charge < -0.3 is 0 Å². The fraction of sp³-hybridized carbons (Fsp3) is 0.333. The van der Waals surface area contributed by atoms with Crippen LogP contribution in [0.4, 0.5) is 3.89 Å². The van der Waals surface area contributed by atoms with Crippen LogP contribution in [0.5, 0.6) is 0 Å². The number of hydrogen-bond acceptors (Lipinski definition) is 4. The molecular weight excluding hydrogens is 283 g/mol. The molecule has 6 nitrogen and oxygen atoms in total. The minimum atomic E-state index is -5.27. The fourth-order valence-corrected chi connectivity index (χ4v) is 3.00. The highest BCUT2D eigenvalue weighted by Gasteiger charge is 2.18. The van der Waals surface area contributed by atoms with Crippen molar-refractivity contribution in [2.24, 2.45) is 0 Å². The third-order valence-corrected chi connectivity index (χ3v) is 4.24. The minimum Gasteiger partial charge on any atom is -0.201 e. The summed E-state index contributed by atoms with van der Waals surface area (Å²) < 4.78 is 57.1. The predicted octanol–water partition coefficient (Wildman–Crippen LogP) is 0.257. The maximum absolute atomic E-state index is 12.1. The first-order valence-corrected chi connectivity index (χ1v) is 7.92. The first-order chi connectivity index (χ1) is 8.29. The van der Waals surface area contributed by atoms with Crippen LogP contribution in [0.2, 0.25) is 0 Å². The highest BCUT2D eigenvalue weighted by molar-refractivity contribution is 8.01. The van der Waals surface area contributed by atoms with Crippen LogP contribution in [0.25, 0.3) is 0 Å². The molecule has 9 heteroatoms. The zero-order valence-corrected chi connectivity index (χ0v) is 11.0. The molecule has 0 aliphatic heterocycles. The summed E-state index contributed by atoms with van der Waals surface area (Å²) in [7, 11) is -9.63. The molecule has 102 valence electrons. The Labute approximate surface area is 106 Å². The molecule has 0 amide bonds. The molecule has 0 aliphatic carbocycles. The molecule has 0 saturated carbocycles. The number of nitrogens with one attached hydrogen (secondary N) is 2. The van der Waals surface area contributed by atoms with E-state index in [1.54, 1.807) is 0 Å². The molecule has 0 fully saturated rings. The van der Waals surface area contributed by atoms with Crippen molar-refractivity contribution in [3.05, 3.63) is 35.9 Å². The van der Waals surface area contributed by atoms with Gasteiger partial charge in [0, 0.05) is 6.54 Å². The Hall–Kier alpha value is -1.03. The van der Waals surface area contributed by atoms with Gasteiger partial charge in [-0.1, -0.05) is 38.3 Å². The molecule has 1 rings (SSSR count). The zero-order valence-electron chi connectivity index (χ0n) is 9.34. The summed E-state index contributed by atoms with van der Waals surface area (Å²) >= 11 is 0. The Morgan fingerprint density at radius 1 is 1.06 bits per heavy atom. The van der Waals surface area contributed by atoms with Crippen LogP contribution in [0.3, 0.4) is 0 Å². The summed E-state index contributed by atoms with van der Waals surface area (Å²) in [6.45, 7) is 0.0136. The number of hydrogen-bond donors (Lipinski definition) is 2. The third-order valence-electron chi connectivity index (χ3n) is 1.99. The van der Waals surface area contributed by atoms with Crippen LogP contribution in [-0.2, 0) is 27.0 Å². The van der Waals surface area contributed by atoms with Gasteiger partial charge in [-0.15, -0.1) is 0 Å². The second-order valence-electron chi connectivity index (χ2n) is 3.51. The average Bonchev–Trinajstić information content (AvgIpc) is 2.23. The van der Waals surface area contributed by atoms with E-state index in [1.165, 1.54) is 0 Å². The van der Waals surface area contributed by atoms with Gasteiger partial charge in [-0.3, -0.25) is 0 Å². The Bertz CT molecular complexity index is 572. The summed E-state index contributed by atoms with van der Waals surface area (Å²) in [6, 6.07) is 9.35. The van der Waals surface area contributed by atoms with Crippen molar-refractivity contribution in [1.29, 1.82) is 0 Å². The van der Waals surface area contributed by atoms with Crippen LogP contribution in [0, 0.1) is 0 Å². The lowest BCUT2D eigenvalue weighted by molar-refractivity contribution is 0.539. The lowest BCUT2D eigenvalue weighted by Crippen LogP contribution is -2.39. The highest BCUT2D eigenvalue weighted by Crippen LogP contribution is 2.01. The first kappa shape index (κ1) is 15.0. The van der Waals surface area contributed by atoms with Crippen molar-refractivity contribution < 1.29 is 20.7 Å². The topological polar surface area (TPSA) is 92.3 Å². The van der Waals surface area contributed by atoms with Gasteiger partial charge in [0.05, 0.1) is 0 Å². The van der Waals surface area contributed by atoms with Gasteiger partial charge in [0.1, 0.15) is 0 Å². The van der Waals surface area contributed by atoms with Gasteiger partial charge in [-0.2, -0.15) is 16.8 Å². The Balaban J connectivity index is 2.34. The molecule has 0 spiro atoms. The standard InChI is InChI=1S/C9H13FN2O4S2/c10-17(13,14)12-18(15,16)11-8-4-7-9-5-2-1-3-6-9/h1-3,5-6,11-12H,4,7-8H2. The van der Waals surface area contributed by atoms with E-state index in [4.69, 9.17) is 0 Å². The van der Waals surface area contributed by atoms with E-state index in [-0.39, 0.29) is 6.54 Å². The lowest BCUT2D eigenvalue weighted by atomic mass is 10.1. The zero-order chi connectivity index (χ0) is 13.6. The molecule has 1 aromatic rings. The van der Waals surface area contributed by atoms with Crippen LogP contribution >= 0.6 is 0 Å². The van der Waals surface area contributed by atoms with Crippen molar-refractivity contribution in [3.63, 3.8) is 0 Å². The smallest absolute Gasteiger partial charge is 0.201 e. The van der Waals surface area contributed by atoms with Crippen molar-refractivity contribution in [1.82, 2.24) is 8.85 Å². The van der Waals surface area contributed by atoms with Crippen LogP contribution in [-0.4, -0.2) is 23.4 Å². The van der Waals surface area contributed by atoms with E-state index in [9.17, 15) is 20.7 Å². The van der Waals surface area contributed by atoms with E-state index in [1.807, 2.05) is 35.1 Å². The van der Waals surface area contributed by atoms with Gasteiger partial charge in [-0.05, 0) is 18.4 Å². The lowest BCUT2D eigenvalue weighted by Gasteiger charge is -2.05. The molecule has 0 unspecified atom stereocenters. The van der Waals surface area contributed by atoms with E-state index in [2.05, 4.69) is 0 Å². The van der Waals surface area contributed by atoms with Crippen LogP contribution in [0.15, 0.2) is 30.3 Å². The molecule has 0 heterocycles. The molecule has 0 atom stereocenters. The van der Waals surface area contributed by atoms with E-state index in [0.717, 1.165) is 9.69 Å². The number of rotatable bonds is 7. The Kier molecular flexibility index (Phi) is 5.20. The van der Waals surface area contributed by atoms with Gasteiger partial charge in [0.2, 0.25) is 0 Å². The second-order valence-corrected chi connectivity index (χ2v) is 6.35. The molecule has 0 radical (unpaired) electrons. The predicted molar refractivity (Wildman–Crippen MR) is 64.8 cm³/mol. The molecule has 0 aromatic heterocycles. The summed E-state index contributed by atoms with van der Waals surface area (Å²) in [6.07, 6.45) is 1.10. The molecule has 0 saturated heterocycles. The molecule has 0 aliphatic rings. The average molecular weight is 296 g/mol. The van der Waals surface area contributed by atoms with E-state index < -0.39 is 20.6 Å². The maximum atomic E-state index is 12.1. The fourth-order valence-electron chi connectivity index (χ4n) is 1.30. The highest BCUT2D eigenvalue weighted by atomic mass is 32.3. The quantitative estimate of drug-likeness (QED) is 0.557. The second kappa shape index (κ2) is 6.23. The van der Waals surface area contributed by atoms with Crippen LogP contribution in [0.1, 0.15) is 12.0 Å². The molecule has 0 bridgehead atoms. The van der Waals surface area contributed by atoms with E-state index in [0.29, 0.717) is 12.8 Å². The van der Waals surface area contributed by atoms with Gasteiger partial charge >= 0.3 is 10.4 Å². The Morgan fingerprint density at radius 3 is 2.22 bits per heavy atom. The van der Waals surface area contributed by atoms with Gasteiger partial charge in [0.15, 0.2) is 0 Å². The Morgan fingerprint density at radius 2 is 1.67 bits per heavy atom. The number of benzene rings is 1. The van der Waals surface area contributed by atoms with Crippen LogP contribution < -0.4 is 8.85 Å². The molecule has 18 heavy (non-hydrogen) atoms.